The maximum absolute atomic E-state index is 6.06. The van der Waals surface area contributed by atoms with Gasteiger partial charge >= 0.3 is 0 Å². The van der Waals surface area contributed by atoms with Gasteiger partial charge in [-0.05, 0) is 54.7 Å². The number of fused-ring (bicyclic) bond motifs is 1. The van der Waals surface area contributed by atoms with Gasteiger partial charge in [0.25, 0.3) is 0 Å². The van der Waals surface area contributed by atoms with Gasteiger partial charge in [0.2, 0.25) is 0 Å². The number of guanidine groups is 1. The fourth-order valence-corrected chi connectivity index (χ4v) is 3.53. The van der Waals surface area contributed by atoms with Crippen LogP contribution in [0.5, 0.6) is 0 Å². The molecule has 1 aliphatic heterocycles. The van der Waals surface area contributed by atoms with Crippen LogP contribution in [0.25, 0.3) is 0 Å². The first-order chi connectivity index (χ1) is 12.8. The number of nitrogens with two attached hydrogens (primary N) is 1. The number of morpholine rings is 1. The number of aliphatic imine (C=N–C) groups is 1. The Bertz CT molecular complexity index is 799. The number of rotatable bonds is 4. The second kappa shape index (κ2) is 7.74. The van der Waals surface area contributed by atoms with E-state index in [0.717, 1.165) is 49.9 Å². The van der Waals surface area contributed by atoms with E-state index in [1.165, 1.54) is 24.0 Å². The summed E-state index contributed by atoms with van der Waals surface area (Å²) in [4.78, 5) is 11.4. The molecule has 6 nitrogen and oxygen atoms in total. The molecule has 4 rings (SSSR count). The van der Waals surface area contributed by atoms with E-state index in [1.54, 1.807) is 0 Å². The molecule has 0 radical (unpaired) electrons. The molecule has 0 unspecified atom stereocenters. The predicted octanol–water partition coefficient (Wildman–Crippen LogP) is 2.33. The predicted molar refractivity (Wildman–Crippen MR) is 105 cm³/mol. The Morgan fingerprint density at radius 3 is 2.88 bits per heavy atom. The van der Waals surface area contributed by atoms with Gasteiger partial charge in [0.15, 0.2) is 5.96 Å². The van der Waals surface area contributed by atoms with Crippen LogP contribution in [-0.4, -0.2) is 37.2 Å². The molecule has 136 valence electrons. The number of hydrogen-bond donors (Lipinski definition) is 2. The van der Waals surface area contributed by atoms with Crippen molar-refractivity contribution in [2.24, 2.45) is 10.7 Å². The molecule has 0 spiro atoms. The van der Waals surface area contributed by atoms with E-state index >= 15 is 0 Å². The van der Waals surface area contributed by atoms with Crippen LogP contribution in [0.1, 0.15) is 23.2 Å². The summed E-state index contributed by atoms with van der Waals surface area (Å²) in [5, 5.41) is 3.19. The molecule has 0 atom stereocenters. The lowest BCUT2D eigenvalue weighted by molar-refractivity contribution is 0.122. The molecule has 0 saturated carbocycles. The minimum Gasteiger partial charge on any atom is -0.378 e. The van der Waals surface area contributed by atoms with Crippen LogP contribution in [0.4, 0.5) is 11.5 Å². The van der Waals surface area contributed by atoms with Crippen molar-refractivity contribution in [2.45, 2.75) is 25.8 Å². The molecule has 2 aromatic rings. The first-order valence-corrected chi connectivity index (χ1v) is 9.25. The summed E-state index contributed by atoms with van der Waals surface area (Å²) in [7, 11) is 0. The number of nitrogens with zero attached hydrogens (tertiary/aromatic N) is 3. The fraction of sp³-hybridized carbons (Fsp3) is 0.400. The molecule has 0 amide bonds. The van der Waals surface area contributed by atoms with Crippen molar-refractivity contribution in [1.29, 1.82) is 0 Å². The Morgan fingerprint density at radius 2 is 2.00 bits per heavy atom. The lowest BCUT2D eigenvalue weighted by Gasteiger charge is -2.27. The Balaban J connectivity index is 1.39. The number of ether oxygens (including phenoxy) is 1. The summed E-state index contributed by atoms with van der Waals surface area (Å²) < 4.78 is 5.40. The van der Waals surface area contributed by atoms with Gasteiger partial charge in [-0.3, -0.25) is 0 Å². The van der Waals surface area contributed by atoms with E-state index in [2.05, 4.69) is 33.4 Å². The highest BCUT2D eigenvalue weighted by atomic mass is 16.5. The molecule has 1 aromatic heterocycles. The first-order valence-electron chi connectivity index (χ1n) is 9.25. The normalized spacial score (nSPS) is 17.2. The molecule has 1 aromatic carbocycles. The fourth-order valence-electron chi connectivity index (χ4n) is 3.53. The molecule has 3 N–H and O–H groups in total. The Labute approximate surface area is 154 Å². The maximum Gasteiger partial charge on any atom is 0.193 e. The van der Waals surface area contributed by atoms with Crippen LogP contribution in [0.15, 0.2) is 41.4 Å². The first kappa shape index (κ1) is 16.8. The third-order valence-corrected chi connectivity index (χ3v) is 4.91. The number of hydrogen-bond acceptors (Lipinski definition) is 4. The SMILES string of the molecule is NC(=NCc1cccc(N2CCOCC2)n1)Nc1ccc2c(c1)CCC2. The molecule has 0 bridgehead atoms. The van der Waals surface area contributed by atoms with E-state index in [4.69, 9.17) is 15.5 Å². The minimum atomic E-state index is 0.418. The molecular formula is C20H25N5O. The molecule has 26 heavy (non-hydrogen) atoms. The van der Waals surface area contributed by atoms with Crippen LogP contribution < -0.4 is 16.0 Å². The van der Waals surface area contributed by atoms with Gasteiger partial charge in [-0.2, -0.15) is 0 Å². The van der Waals surface area contributed by atoms with Gasteiger partial charge in [0.05, 0.1) is 25.5 Å². The highest BCUT2D eigenvalue weighted by Gasteiger charge is 2.13. The molecular weight excluding hydrogens is 326 g/mol. The quantitative estimate of drug-likeness (QED) is 0.653. The van der Waals surface area contributed by atoms with E-state index in [-0.39, 0.29) is 0 Å². The smallest absolute Gasteiger partial charge is 0.193 e. The average Bonchev–Trinajstić information content (AvgIpc) is 3.15. The monoisotopic (exact) mass is 351 g/mol. The number of anilines is 2. The number of aromatic nitrogens is 1. The van der Waals surface area contributed by atoms with E-state index in [0.29, 0.717) is 12.5 Å². The van der Waals surface area contributed by atoms with E-state index in [9.17, 15) is 0 Å². The molecule has 1 saturated heterocycles. The summed E-state index contributed by atoms with van der Waals surface area (Å²) in [6.45, 7) is 3.72. The summed E-state index contributed by atoms with van der Waals surface area (Å²) in [6, 6.07) is 12.5. The van der Waals surface area contributed by atoms with Crippen molar-refractivity contribution in [1.82, 2.24) is 4.98 Å². The zero-order valence-corrected chi connectivity index (χ0v) is 14.9. The zero-order chi connectivity index (χ0) is 17.8. The van der Waals surface area contributed by atoms with Gasteiger partial charge in [0.1, 0.15) is 5.82 Å². The zero-order valence-electron chi connectivity index (χ0n) is 14.9. The minimum absolute atomic E-state index is 0.418. The van der Waals surface area contributed by atoms with Crippen LogP contribution in [0.2, 0.25) is 0 Å². The van der Waals surface area contributed by atoms with Crippen molar-refractivity contribution < 1.29 is 4.74 Å². The lowest BCUT2D eigenvalue weighted by Crippen LogP contribution is -2.36. The van der Waals surface area contributed by atoms with Crippen molar-refractivity contribution in [3.05, 3.63) is 53.2 Å². The molecule has 1 aliphatic carbocycles. The third kappa shape index (κ3) is 3.96. The Morgan fingerprint density at radius 1 is 1.15 bits per heavy atom. The van der Waals surface area contributed by atoms with Crippen LogP contribution >= 0.6 is 0 Å². The van der Waals surface area contributed by atoms with E-state index < -0.39 is 0 Å². The van der Waals surface area contributed by atoms with Crippen molar-refractivity contribution in [2.75, 3.05) is 36.5 Å². The highest BCUT2D eigenvalue weighted by molar-refractivity contribution is 5.92. The van der Waals surface area contributed by atoms with Gasteiger partial charge in [0, 0.05) is 18.8 Å². The summed E-state index contributed by atoms with van der Waals surface area (Å²) in [6.07, 6.45) is 3.58. The van der Waals surface area contributed by atoms with Gasteiger partial charge in [-0.15, -0.1) is 0 Å². The van der Waals surface area contributed by atoms with Gasteiger partial charge < -0.3 is 20.7 Å². The summed E-state index contributed by atoms with van der Waals surface area (Å²) in [5.41, 5.74) is 10.8. The number of aryl methyl sites for hydroxylation is 2. The summed E-state index contributed by atoms with van der Waals surface area (Å²) >= 11 is 0. The maximum atomic E-state index is 6.06. The third-order valence-electron chi connectivity index (χ3n) is 4.91. The molecule has 1 fully saturated rings. The Hall–Kier alpha value is -2.60. The topological polar surface area (TPSA) is 75.8 Å². The van der Waals surface area contributed by atoms with E-state index in [1.807, 2.05) is 18.2 Å². The van der Waals surface area contributed by atoms with Crippen molar-refractivity contribution >= 4 is 17.5 Å². The van der Waals surface area contributed by atoms with Gasteiger partial charge in [-0.1, -0.05) is 12.1 Å². The lowest BCUT2D eigenvalue weighted by atomic mass is 10.1. The summed E-state index contributed by atoms with van der Waals surface area (Å²) in [5.74, 6) is 1.40. The number of benzene rings is 1. The number of pyridine rings is 1. The molecule has 6 heteroatoms. The standard InChI is InChI=1S/C20H25N5O/c21-20(24-17-8-7-15-3-1-4-16(15)13-17)22-14-18-5-2-6-19(23-18)25-9-11-26-12-10-25/h2,5-8,13H,1,3-4,9-12,14H2,(H3,21,22,24). The van der Waals surface area contributed by atoms with Crippen LogP contribution in [0, 0.1) is 0 Å². The largest absolute Gasteiger partial charge is 0.378 e. The average molecular weight is 351 g/mol. The van der Waals surface area contributed by atoms with Crippen LogP contribution in [0.3, 0.4) is 0 Å². The van der Waals surface area contributed by atoms with Crippen LogP contribution in [-0.2, 0) is 24.1 Å². The molecule has 2 heterocycles. The van der Waals surface area contributed by atoms with Crippen molar-refractivity contribution in [3.63, 3.8) is 0 Å². The molecule has 2 aliphatic rings. The van der Waals surface area contributed by atoms with Crippen molar-refractivity contribution in [3.8, 4) is 0 Å². The highest BCUT2D eigenvalue weighted by Crippen LogP contribution is 2.24. The second-order valence-corrected chi connectivity index (χ2v) is 6.75. The number of nitrogens with one attached hydrogen (secondary N) is 1. The Kier molecular flexibility index (Phi) is 5.02. The second-order valence-electron chi connectivity index (χ2n) is 6.75. The van der Waals surface area contributed by atoms with Gasteiger partial charge in [-0.25, -0.2) is 9.98 Å².